The molecule has 1 aromatic carbocycles. The fourth-order valence-corrected chi connectivity index (χ4v) is 1.55. The summed E-state index contributed by atoms with van der Waals surface area (Å²) >= 11 is 3.32. The molecule has 0 atom stereocenters. The van der Waals surface area contributed by atoms with E-state index >= 15 is 0 Å². The van der Waals surface area contributed by atoms with Gasteiger partial charge in [0.15, 0.2) is 0 Å². The van der Waals surface area contributed by atoms with Crippen LogP contribution in [-0.4, -0.2) is 0 Å². The molecule has 0 saturated heterocycles. The Morgan fingerprint density at radius 2 is 1.86 bits per heavy atom. The molecule has 0 aliphatic rings. The van der Waals surface area contributed by atoms with Crippen LogP contribution in [0.25, 0.3) is 0 Å². The van der Waals surface area contributed by atoms with E-state index in [9.17, 15) is 4.39 Å². The van der Waals surface area contributed by atoms with Crippen LogP contribution in [0.4, 0.5) is 4.39 Å². The molecular formula is C12H18BrF. The summed E-state index contributed by atoms with van der Waals surface area (Å²) in [7, 11) is 0. The van der Waals surface area contributed by atoms with Crippen molar-refractivity contribution in [2.75, 3.05) is 0 Å². The van der Waals surface area contributed by atoms with Crippen LogP contribution in [0.2, 0.25) is 0 Å². The van der Waals surface area contributed by atoms with Crippen molar-refractivity contribution in [3.63, 3.8) is 0 Å². The molecule has 1 rings (SSSR count). The molecule has 0 N–H and O–H groups in total. The van der Waals surface area contributed by atoms with Crippen LogP contribution in [0, 0.1) is 11.7 Å². The van der Waals surface area contributed by atoms with Gasteiger partial charge in [0.05, 0.1) is 0 Å². The Morgan fingerprint density at radius 3 is 2.36 bits per heavy atom. The first-order valence-corrected chi connectivity index (χ1v) is 5.83. The first-order valence-electron chi connectivity index (χ1n) is 5.03. The molecule has 0 aliphatic carbocycles. The molecule has 14 heavy (non-hydrogen) atoms. The lowest BCUT2D eigenvalue weighted by atomic mass is 10.0. The lowest BCUT2D eigenvalue weighted by molar-refractivity contribution is 0.573. The third-order valence-electron chi connectivity index (χ3n) is 1.64. The van der Waals surface area contributed by atoms with E-state index in [1.54, 1.807) is 6.07 Å². The van der Waals surface area contributed by atoms with Crippen LogP contribution >= 0.6 is 15.9 Å². The van der Waals surface area contributed by atoms with E-state index in [-0.39, 0.29) is 5.82 Å². The minimum Gasteiger partial charge on any atom is -0.207 e. The average molecular weight is 261 g/mol. The number of halogens is 2. The van der Waals surface area contributed by atoms with Gasteiger partial charge in [0.2, 0.25) is 0 Å². The Morgan fingerprint density at radius 1 is 1.29 bits per heavy atom. The average Bonchev–Trinajstić information content (AvgIpc) is 2.14. The molecule has 2 heteroatoms. The molecule has 0 radical (unpaired) electrons. The summed E-state index contributed by atoms with van der Waals surface area (Å²) in [6.07, 6.45) is 0.797. The quantitative estimate of drug-likeness (QED) is 0.716. The second-order valence-corrected chi connectivity index (χ2v) is 4.25. The van der Waals surface area contributed by atoms with Crippen molar-refractivity contribution in [1.29, 1.82) is 0 Å². The van der Waals surface area contributed by atoms with E-state index in [0.717, 1.165) is 16.5 Å². The van der Waals surface area contributed by atoms with Gasteiger partial charge in [0.1, 0.15) is 5.82 Å². The van der Waals surface area contributed by atoms with Gasteiger partial charge in [-0.05, 0) is 36.1 Å². The van der Waals surface area contributed by atoms with E-state index < -0.39 is 0 Å². The monoisotopic (exact) mass is 260 g/mol. The van der Waals surface area contributed by atoms with Gasteiger partial charge >= 0.3 is 0 Å². The predicted molar refractivity (Wildman–Crippen MR) is 64.0 cm³/mol. The fraction of sp³-hybridized carbons (Fsp3) is 0.500. The first-order chi connectivity index (χ1) is 6.59. The Balaban J connectivity index is 0.000000791. The van der Waals surface area contributed by atoms with Gasteiger partial charge in [-0.15, -0.1) is 0 Å². The van der Waals surface area contributed by atoms with E-state index in [2.05, 4.69) is 29.8 Å². The lowest BCUT2D eigenvalue weighted by Gasteiger charge is -2.06. The normalized spacial score (nSPS) is 9.64. The van der Waals surface area contributed by atoms with Crippen molar-refractivity contribution in [1.82, 2.24) is 0 Å². The van der Waals surface area contributed by atoms with Crippen molar-refractivity contribution >= 4 is 15.9 Å². The summed E-state index contributed by atoms with van der Waals surface area (Å²) in [6.45, 7) is 8.17. The standard InChI is InChI=1S/C10H12BrF.C2H6/c1-7(2)5-8-6-9(11)3-4-10(8)12;1-2/h3-4,6-7H,5H2,1-2H3;1-2H3. The Kier molecular flexibility index (Phi) is 6.81. The highest BCUT2D eigenvalue weighted by atomic mass is 79.9. The van der Waals surface area contributed by atoms with E-state index in [4.69, 9.17) is 0 Å². The third kappa shape index (κ3) is 4.75. The Hall–Kier alpha value is -0.370. The van der Waals surface area contributed by atoms with E-state index in [1.165, 1.54) is 6.07 Å². The molecule has 0 fully saturated rings. The van der Waals surface area contributed by atoms with E-state index in [1.807, 2.05) is 19.9 Å². The van der Waals surface area contributed by atoms with Gasteiger partial charge in [-0.3, -0.25) is 0 Å². The predicted octanol–water partition coefficient (Wildman–Crippen LogP) is 4.81. The Bertz CT molecular complexity index is 269. The zero-order chi connectivity index (χ0) is 11.1. The van der Waals surface area contributed by atoms with Crippen molar-refractivity contribution in [2.45, 2.75) is 34.1 Å². The number of benzene rings is 1. The second kappa shape index (κ2) is 6.99. The van der Waals surface area contributed by atoms with Crippen LogP contribution in [0.5, 0.6) is 0 Å². The van der Waals surface area contributed by atoms with Gasteiger partial charge < -0.3 is 0 Å². The maximum absolute atomic E-state index is 13.1. The smallest absolute Gasteiger partial charge is 0.126 e. The summed E-state index contributed by atoms with van der Waals surface area (Å²) in [5.74, 6) is 0.390. The highest BCUT2D eigenvalue weighted by Crippen LogP contribution is 2.18. The SMILES string of the molecule is CC.CC(C)Cc1cc(Br)ccc1F. The zero-order valence-corrected chi connectivity index (χ0v) is 10.9. The molecule has 0 nitrogen and oxygen atoms in total. The van der Waals surface area contributed by atoms with Crippen molar-refractivity contribution in [3.8, 4) is 0 Å². The summed E-state index contributed by atoms with van der Waals surface area (Å²) in [5, 5.41) is 0. The maximum atomic E-state index is 13.1. The summed E-state index contributed by atoms with van der Waals surface area (Å²) in [5.41, 5.74) is 0.791. The summed E-state index contributed by atoms with van der Waals surface area (Å²) < 4.78 is 14.1. The van der Waals surface area contributed by atoms with Crippen LogP contribution in [-0.2, 0) is 6.42 Å². The maximum Gasteiger partial charge on any atom is 0.126 e. The van der Waals surface area contributed by atoms with Gasteiger partial charge in [0.25, 0.3) is 0 Å². The lowest BCUT2D eigenvalue weighted by Crippen LogP contribution is -1.97. The molecule has 80 valence electrons. The molecule has 0 saturated carbocycles. The highest BCUT2D eigenvalue weighted by molar-refractivity contribution is 9.10. The van der Waals surface area contributed by atoms with Gasteiger partial charge in [-0.1, -0.05) is 43.6 Å². The van der Waals surface area contributed by atoms with Crippen LogP contribution in [0.15, 0.2) is 22.7 Å². The zero-order valence-electron chi connectivity index (χ0n) is 9.27. The summed E-state index contributed by atoms with van der Waals surface area (Å²) in [6, 6.07) is 5.07. The topological polar surface area (TPSA) is 0 Å². The second-order valence-electron chi connectivity index (χ2n) is 3.33. The molecule has 1 aromatic rings. The molecule has 0 heterocycles. The molecule has 0 unspecified atom stereocenters. The van der Waals surface area contributed by atoms with Crippen LogP contribution in [0.1, 0.15) is 33.3 Å². The largest absolute Gasteiger partial charge is 0.207 e. The van der Waals surface area contributed by atoms with Gasteiger partial charge in [0, 0.05) is 4.47 Å². The van der Waals surface area contributed by atoms with Crippen molar-refractivity contribution in [3.05, 3.63) is 34.1 Å². The van der Waals surface area contributed by atoms with Crippen LogP contribution < -0.4 is 0 Å². The molecule has 0 amide bonds. The van der Waals surface area contributed by atoms with E-state index in [0.29, 0.717) is 5.92 Å². The van der Waals surface area contributed by atoms with Gasteiger partial charge in [-0.25, -0.2) is 4.39 Å². The van der Waals surface area contributed by atoms with Crippen molar-refractivity contribution in [2.24, 2.45) is 5.92 Å². The number of hydrogen-bond donors (Lipinski definition) is 0. The Labute approximate surface area is 94.7 Å². The molecule has 0 spiro atoms. The fourth-order valence-electron chi connectivity index (χ4n) is 1.14. The number of hydrogen-bond acceptors (Lipinski definition) is 0. The summed E-state index contributed by atoms with van der Waals surface area (Å²) in [4.78, 5) is 0. The third-order valence-corrected chi connectivity index (χ3v) is 2.13. The minimum absolute atomic E-state index is 0.105. The minimum atomic E-state index is -0.105. The molecule has 0 bridgehead atoms. The first kappa shape index (κ1) is 13.6. The van der Waals surface area contributed by atoms with Crippen molar-refractivity contribution < 1.29 is 4.39 Å². The van der Waals surface area contributed by atoms with Crippen LogP contribution in [0.3, 0.4) is 0 Å². The highest BCUT2D eigenvalue weighted by Gasteiger charge is 2.04. The molecule has 0 aliphatic heterocycles. The number of rotatable bonds is 2. The molecular weight excluding hydrogens is 243 g/mol. The molecule has 0 aromatic heterocycles. The van der Waals surface area contributed by atoms with Gasteiger partial charge in [-0.2, -0.15) is 0 Å².